The largest absolute Gasteiger partial charge is 0.483 e. The van der Waals surface area contributed by atoms with Gasteiger partial charge in [0, 0.05) is 38.2 Å². The summed E-state index contributed by atoms with van der Waals surface area (Å²) in [6.45, 7) is 14.8. The highest BCUT2D eigenvalue weighted by molar-refractivity contribution is 5.37. The van der Waals surface area contributed by atoms with E-state index < -0.39 is 0 Å². The summed E-state index contributed by atoms with van der Waals surface area (Å²) in [5, 5.41) is 23.8. The summed E-state index contributed by atoms with van der Waals surface area (Å²) in [6.07, 6.45) is 3.75. The molecule has 0 radical (unpaired) electrons. The molecule has 0 saturated carbocycles. The summed E-state index contributed by atoms with van der Waals surface area (Å²) in [5.74, 6) is 1.46. The van der Waals surface area contributed by atoms with E-state index in [1.54, 1.807) is 0 Å². The Morgan fingerprint density at radius 2 is 1.56 bits per heavy atom. The lowest BCUT2D eigenvalue weighted by atomic mass is 9.76. The van der Waals surface area contributed by atoms with Gasteiger partial charge in [0.25, 0.3) is 12.9 Å². The minimum Gasteiger partial charge on any atom is -0.483 e. The Kier molecular flexibility index (Phi) is 11.4. The van der Waals surface area contributed by atoms with Gasteiger partial charge in [-0.25, -0.2) is 0 Å². The van der Waals surface area contributed by atoms with E-state index in [0.717, 1.165) is 51.7 Å². The monoisotopic (exact) mass is 478 g/mol. The van der Waals surface area contributed by atoms with Gasteiger partial charge in [-0.3, -0.25) is 19.4 Å². The van der Waals surface area contributed by atoms with Gasteiger partial charge >= 0.3 is 0 Å². The van der Waals surface area contributed by atoms with Gasteiger partial charge in [0.1, 0.15) is 0 Å². The first kappa shape index (κ1) is 28.2. The molecule has 3 aliphatic heterocycles. The number of carbonyl (C=O) groups is 2. The van der Waals surface area contributed by atoms with Crippen molar-refractivity contribution in [3.05, 3.63) is 34.4 Å². The number of aliphatic hydroxyl groups excluding tert-OH is 1. The van der Waals surface area contributed by atoms with E-state index in [1.165, 1.54) is 48.2 Å². The van der Waals surface area contributed by atoms with Crippen molar-refractivity contribution in [1.82, 2.24) is 9.80 Å². The van der Waals surface area contributed by atoms with Crippen LogP contribution in [0.1, 0.15) is 48.4 Å². The zero-order valence-corrected chi connectivity index (χ0v) is 20.9. The fraction of sp³-hybridized carbons (Fsp3) is 0.692. The molecule has 0 unspecified atom stereocenters. The Morgan fingerprint density at radius 3 is 2.09 bits per heavy atom. The number of rotatable bonds is 5. The van der Waals surface area contributed by atoms with Crippen LogP contribution in [0, 0.1) is 31.1 Å². The molecule has 3 fully saturated rings. The molecular formula is C26H42N2O6. The van der Waals surface area contributed by atoms with Gasteiger partial charge in [-0.15, -0.1) is 0 Å². The number of aryl methyl sites for hydroxylation is 2. The number of carboxylic acid groups (broad SMARTS) is 2. The summed E-state index contributed by atoms with van der Waals surface area (Å²) in [7, 11) is 0. The molecule has 0 amide bonds. The fourth-order valence-electron chi connectivity index (χ4n) is 5.54. The third kappa shape index (κ3) is 7.50. The lowest BCUT2D eigenvalue weighted by Crippen LogP contribution is -2.42. The van der Waals surface area contributed by atoms with Crippen LogP contribution in [0.4, 0.5) is 0 Å². The predicted molar refractivity (Wildman–Crippen MR) is 131 cm³/mol. The molecule has 8 nitrogen and oxygen atoms in total. The molecule has 3 aliphatic rings. The molecule has 34 heavy (non-hydrogen) atoms. The molecular weight excluding hydrogens is 436 g/mol. The van der Waals surface area contributed by atoms with E-state index in [9.17, 15) is 5.11 Å². The van der Waals surface area contributed by atoms with Crippen molar-refractivity contribution in [3.63, 3.8) is 0 Å². The number of aliphatic hydroxyl groups is 1. The SMILES string of the molecule is Cc1cc(C)c(CN2C[C@@H]3CCOC[C@]3(CO)C2)cc1CN1CCC(C)CC1.O=CO.O=CO. The Morgan fingerprint density at radius 1 is 1.00 bits per heavy atom. The lowest BCUT2D eigenvalue weighted by Gasteiger charge is -2.36. The highest BCUT2D eigenvalue weighted by Crippen LogP contribution is 2.41. The molecule has 1 aromatic rings. The first-order chi connectivity index (χ1) is 16.3. The van der Waals surface area contributed by atoms with Crippen molar-refractivity contribution in [1.29, 1.82) is 0 Å². The van der Waals surface area contributed by atoms with Gasteiger partial charge in [-0.1, -0.05) is 19.1 Å². The Hall–Kier alpha value is -2.00. The number of piperidine rings is 1. The Bertz CT molecular complexity index is 775. The van der Waals surface area contributed by atoms with Gasteiger partial charge in [0.15, 0.2) is 0 Å². The summed E-state index contributed by atoms with van der Waals surface area (Å²) in [4.78, 5) is 21.9. The Balaban J connectivity index is 0.000000618. The molecule has 2 atom stereocenters. The number of hydrogen-bond donors (Lipinski definition) is 3. The average Bonchev–Trinajstić information content (AvgIpc) is 3.18. The molecule has 3 heterocycles. The third-order valence-electron chi connectivity index (χ3n) is 7.66. The average molecular weight is 479 g/mol. The van der Waals surface area contributed by atoms with Crippen molar-refractivity contribution in [2.75, 3.05) is 46.0 Å². The van der Waals surface area contributed by atoms with Crippen molar-refractivity contribution in [3.8, 4) is 0 Å². The quantitative estimate of drug-likeness (QED) is 0.554. The van der Waals surface area contributed by atoms with Crippen molar-refractivity contribution in [2.24, 2.45) is 17.3 Å². The molecule has 3 saturated heterocycles. The smallest absolute Gasteiger partial charge is 0.290 e. The van der Waals surface area contributed by atoms with Crippen LogP contribution in [0.2, 0.25) is 0 Å². The maximum Gasteiger partial charge on any atom is 0.290 e. The van der Waals surface area contributed by atoms with E-state index in [4.69, 9.17) is 24.5 Å². The zero-order chi connectivity index (χ0) is 25.1. The summed E-state index contributed by atoms with van der Waals surface area (Å²) in [5.41, 5.74) is 5.74. The minimum atomic E-state index is -0.250. The van der Waals surface area contributed by atoms with Gasteiger partial charge in [0.05, 0.1) is 13.2 Å². The second kappa shape index (κ2) is 13.8. The first-order valence-electron chi connectivity index (χ1n) is 12.2. The van der Waals surface area contributed by atoms with Crippen molar-refractivity contribution >= 4 is 12.9 Å². The third-order valence-corrected chi connectivity index (χ3v) is 7.66. The van der Waals surface area contributed by atoms with Gasteiger partial charge in [0.2, 0.25) is 0 Å². The first-order valence-corrected chi connectivity index (χ1v) is 12.2. The maximum atomic E-state index is 10.1. The number of ether oxygens (including phenoxy) is 1. The summed E-state index contributed by atoms with van der Waals surface area (Å²) < 4.78 is 5.73. The van der Waals surface area contributed by atoms with Crippen LogP contribution in [-0.2, 0) is 27.4 Å². The molecule has 192 valence electrons. The van der Waals surface area contributed by atoms with E-state index >= 15 is 0 Å². The number of hydrogen-bond acceptors (Lipinski definition) is 6. The van der Waals surface area contributed by atoms with Crippen LogP contribution >= 0.6 is 0 Å². The van der Waals surface area contributed by atoms with Gasteiger partial charge in [-0.2, -0.15) is 0 Å². The second-order valence-corrected chi connectivity index (χ2v) is 10.1. The molecule has 8 heteroatoms. The molecule has 0 aliphatic carbocycles. The Labute approximate surface area is 203 Å². The number of benzene rings is 1. The van der Waals surface area contributed by atoms with Crippen LogP contribution in [0.5, 0.6) is 0 Å². The zero-order valence-electron chi connectivity index (χ0n) is 20.9. The highest BCUT2D eigenvalue weighted by Gasteiger charge is 2.47. The second-order valence-electron chi connectivity index (χ2n) is 10.1. The van der Waals surface area contributed by atoms with E-state index in [0.29, 0.717) is 5.92 Å². The number of fused-ring (bicyclic) bond motifs is 1. The molecule has 0 spiro atoms. The van der Waals surface area contributed by atoms with Crippen molar-refractivity contribution < 1.29 is 29.6 Å². The normalized spacial score (nSPS) is 25.4. The standard InChI is InChI=1S/C24H38N2O2.2CH2O2/c1-18-4-7-25(8-5-18)12-21-11-22(20(3)10-19(21)2)13-26-14-23-6-9-28-17-24(23,15-26)16-27;2*2-1-3/h10-11,18,23,27H,4-9,12-17H2,1-3H3;2*1H,(H,2,3)/t23-,24+;;/m0../s1. The topological polar surface area (TPSA) is 111 Å². The molecule has 3 N–H and O–H groups in total. The molecule has 0 bridgehead atoms. The molecule has 0 aromatic heterocycles. The number of nitrogens with zero attached hydrogens (tertiary/aromatic N) is 2. The van der Waals surface area contributed by atoms with Crippen molar-refractivity contribution in [2.45, 2.75) is 53.1 Å². The van der Waals surface area contributed by atoms with Crippen LogP contribution in [0.3, 0.4) is 0 Å². The van der Waals surface area contributed by atoms with Crippen LogP contribution in [-0.4, -0.2) is 84.1 Å². The van der Waals surface area contributed by atoms with Crippen LogP contribution in [0.15, 0.2) is 12.1 Å². The van der Waals surface area contributed by atoms with E-state index in [2.05, 4.69) is 42.7 Å². The molecule has 1 aromatic carbocycles. The van der Waals surface area contributed by atoms with E-state index in [1.807, 2.05) is 0 Å². The fourth-order valence-corrected chi connectivity index (χ4v) is 5.54. The highest BCUT2D eigenvalue weighted by atomic mass is 16.5. The van der Waals surface area contributed by atoms with E-state index in [-0.39, 0.29) is 25.0 Å². The lowest BCUT2D eigenvalue weighted by molar-refractivity contribution is -0.123. The van der Waals surface area contributed by atoms with Gasteiger partial charge < -0.3 is 20.1 Å². The molecule has 4 rings (SSSR count). The predicted octanol–water partition coefficient (Wildman–Crippen LogP) is 2.77. The minimum absolute atomic E-state index is 0.0375. The van der Waals surface area contributed by atoms with Gasteiger partial charge in [-0.05, 0) is 80.3 Å². The summed E-state index contributed by atoms with van der Waals surface area (Å²) in [6, 6.07) is 4.85. The van der Waals surface area contributed by atoms with Crippen LogP contribution in [0.25, 0.3) is 0 Å². The number of likely N-dealkylation sites (tertiary alicyclic amines) is 2. The summed E-state index contributed by atoms with van der Waals surface area (Å²) >= 11 is 0. The van der Waals surface area contributed by atoms with Crippen LogP contribution < -0.4 is 0 Å². The maximum absolute atomic E-state index is 10.1.